The Labute approximate surface area is 152 Å². The largest absolute Gasteiger partial charge is 0.347 e. The van der Waals surface area contributed by atoms with Gasteiger partial charge in [-0.05, 0) is 31.4 Å². The monoisotopic (exact) mass is 373 g/mol. The zero-order valence-corrected chi connectivity index (χ0v) is 14.7. The van der Waals surface area contributed by atoms with Crippen molar-refractivity contribution >= 4 is 30.7 Å². The second-order valence-electron chi connectivity index (χ2n) is 5.59. The number of nitrogens with zero attached hydrogens (tertiary/aromatic N) is 3. The fourth-order valence-electron chi connectivity index (χ4n) is 2.72. The standard InChI is InChI=1S/C15H19N5O2.2ClH/c16-12-3-1-2-11(8-12)15(21)18-9-13-19-14(20-22-13)10-4-6-17-7-5-10;;/h4-7,11-12H,1-3,8-9,16H2,(H,18,21);2*1H. The van der Waals surface area contributed by atoms with Gasteiger partial charge in [0, 0.05) is 29.9 Å². The van der Waals surface area contributed by atoms with Gasteiger partial charge in [-0.25, -0.2) is 0 Å². The first-order chi connectivity index (χ1) is 10.7. The van der Waals surface area contributed by atoms with Crippen molar-refractivity contribution in [3.05, 3.63) is 30.4 Å². The Morgan fingerprint density at radius 2 is 2.04 bits per heavy atom. The molecule has 1 fully saturated rings. The molecular weight excluding hydrogens is 353 g/mol. The topological polar surface area (TPSA) is 107 Å². The van der Waals surface area contributed by atoms with Crippen LogP contribution in [-0.2, 0) is 11.3 Å². The molecule has 2 aromatic rings. The third-order valence-electron chi connectivity index (χ3n) is 3.91. The number of amides is 1. The number of carbonyl (C=O) groups is 1. The molecule has 1 aliphatic carbocycles. The molecule has 1 saturated carbocycles. The maximum atomic E-state index is 12.1. The van der Waals surface area contributed by atoms with Crippen molar-refractivity contribution in [2.75, 3.05) is 0 Å². The van der Waals surface area contributed by atoms with Gasteiger partial charge < -0.3 is 15.6 Å². The summed E-state index contributed by atoms with van der Waals surface area (Å²) in [6, 6.07) is 3.74. The Balaban J connectivity index is 0.00000144. The average molecular weight is 374 g/mol. The summed E-state index contributed by atoms with van der Waals surface area (Å²) in [5, 5.41) is 6.75. The second-order valence-corrected chi connectivity index (χ2v) is 5.59. The summed E-state index contributed by atoms with van der Waals surface area (Å²) in [5.41, 5.74) is 6.74. The van der Waals surface area contributed by atoms with Crippen LogP contribution in [-0.4, -0.2) is 27.1 Å². The van der Waals surface area contributed by atoms with Gasteiger partial charge in [0.05, 0.1) is 6.54 Å². The Morgan fingerprint density at radius 1 is 1.29 bits per heavy atom. The lowest BCUT2D eigenvalue weighted by atomic mass is 9.85. The molecule has 0 saturated heterocycles. The van der Waals surface area contributed by atoms with Crippen molar-refractivity contribution in [2.45, 2.75) is 38.3 Å². The number of nitrogens with one attached hydrogen (secondary N) is 1. The van der Waals surface area contributed by atoms with Gasteiger partial charge >= 0.3 is 0 Å². The molecule has 9 heteroatoms. The number of halogens is 2. The third kappa shape index (κ3) is 5.15. The third-order valence-corrected chi connectivity index (χ3v) is 3.91. The normalized spacial score (nSPS) is 19.7. The summed E-state index contributed by atoms with van der Waals surface area (Å²) in [6.45, 7) is 0.239. The van der Waals surface area contributed by atoms with Gasteiger partial charge in [-0.2, -0.15) is 4.98 Å². The highest BCUT2D eigenvalue weighted by Gasteiger charge is 2.25. The van der Waals surface area contributed by atoms with E-state index in [1.165, 1.54) is 0 Å². The number of hydrogen-bond donors (Lipinski definition) is 2. The van der Waals surface area contributed by atoms with Crippen LogP contribution in [0.15, 0.2) is 29.0 Å². The van der Waals surface area contributed by atoms with Crippen molar-refractivity contribution in [2.24, 2.45) is 11.7 Å². The molecule has 2 heterocycles. The van der Waals surface area contributed by atoms with Gasteiger partial charge in [0.15, 0.2) is 0 Å². The van der Waals surface area contributed by atoms with Crippen LogP contribution < -0.4 is 11.1 Å². The highest BCUT2D eigenvalue weighted by molar-refractivity contribution is 5.85. The van der Waals surface area contributed by atoms with Crippen molar-refractivity contribution in [1.29, 1.82) is 0 Å². The summed E-state index contributed by atoms with van der Waals surface area (Å²) < 4.78 is 5.16. The predicted molar refractivity (Wildman–Crippen MR) is 93.8 cm³/mol. The minimum atomic E-state index is -0.00802. The molecule has 0 aliphatic heterocycles. The van der Waals surface area contributed by atoms with Crippen LogP contribution in [0.25, 0.3) is 11.4 Å². The van der Waals surface area contributed by atoms with E-state index in [4.69, 9.17) is 10.3 Å². The maximum absolute atomic E-state index is 12.1. The number of nitrogens with two attached hydrogens (primary N) is 1. The highest BCUT2D eigenvalue weighted by atomic mass is 35.5. The van der Waals surface area contributed by atoms with Crippen LogP contribution >= 0.6 is 24.8 Å². The van der Waals surface area contributed by atoms with Crippen LogP contribution in [0.4, 0.5) is 0 Å². The van der Waals surface area contributed by atoms with E-state index < -0.39 is 0 Å². The number of carbonyl (C=O) groups excluding carboxylic acids is 1. The molecular formula is C15H21Cl2N5O2. The average Bonchev–Trinajstić information content (AvgIpc) is 3.02. The molecule has 7 nitrogen and oxygen atoms in total. The number of pyridine rings is 1. The molecule has 3 N–H and O–H groups in total. The molecule has 2 unspecified atom stereocenters. The second kappa shape index (κ2) is 9.56. The first-order valence-electron chi connectivity index (χ1n) is 7.48. The lowest BCUT2D eigenvalue weighted by molar-refractivity contribution is -0.126. The Morgan fingerprint density at radius 3 is 2.75 bits per heavy atom. The molecule has 2 atom stereocenters. The van der Waals surface area contributed by atoms with Gasteiger partial charge in [0.1, 0.15) is 0 Å². The fraction of sp³-hybridized carbons (Fsp3) is 0.467. The first-order valence-corrected chi connectivity index (χ1v) is 7.48. The van der Waals surface area contributed by atoms with E-state index >= 15 is 0 Å². The van der Waals surface area contributed by atoms with Crippen molar-refractivity contribution in [3.63, 3.8) is 0 Å². The van der Waals surface area contributed by atoms with Crippen LogP contribution in [0.1, 0.15) is 31.6 Å². The Bertz CT molecular complexity index is 638. The molecule has 1 amide bonds. The summed E-state index contributed by atoms with van der Waals surface area (Å²) in [7, 11) is 0. The maximum Gasteiger partial charge on any atom is 0.246 e. The SMILES string of the molecule is Cl.Cl.NC1CCCC(C(=O)NCc2nc(-c3ccncc3)no2)C1. The molecule has 0 aromatic carbocycles. The minimum Gasteiger partial charge on any atom is -0.347 e. The van der Waals surface area contributed by atoms with E-state index in [2.05, 4.69) is 20.4 Å². The number of rotatable bonds is 4. The molecule has 1 aliphatic rings. The lowest BCUT2D eigenvalue weighted by Gasteiger charge is -2.25. The first kappa shape index (κ1) is 20.3. The van der Waals surface area contributed by atoms with Crippen LogP contribution in [0, 0.1) is 5.92 Å². The zero-order chi connectivity index (χ0) is 15.4. The summed E-state index contributed by atoms with van der Waals surface area (Å²) in [5.74, 6) is 0.886. The molecule has 0 spiro atoms. The van der Waals surface area contributed by atoms with Crippen molar-refractivity contribution < 1.29 is 9.32 Å². The quantitative estimate of drug-likeness (QED) is 0.849. The molecule has 24 heavy (non-hydrogen) atoms. The van der Waals surface area contributed by atoms with E-state index in [1.807, 2.05) is 0 Å². The molecule has 0 radical (unpaired) electrons. The fourth-order valence-corrected chi connectivity index (χ4v) is 2.72. The summed E-state index contributed by atoms with van der Waals surface area (Å²) >= 11 is 0. The van der Waals surface area contributed by atoms with Gasteiger partial charge in [-0.1, -0.05) is 11.6 Å². The van der Waals surface area contributed by atoms with E-state index in [1.54, 1.807) is 24.5 Å². The van der Waals surface area contributed by atoms with Gasteiger partial charge in [0.25, 0.3) is 0 Å². The van der Waals surface area contributed by atoms with Gasteiger partial charge in [-0.15, -0.1) is 24.8 Å². The zero-order valence-electron chi connectivity index (χ0n) is 13.1. The Hall–Kier alpha value is -1.70. The molecule has 3 rings (SSSR count). The highest BCUT2D eigenvalue weighted by Crippen LogP contribution is 2.23. The van der Waals surface area contributed by atoms with Crippen molar-refractivity contribution in [3.8, 4) is 11.4 Å². The minimum absolute atomic E-state index is 0. The molecule has 0 bridgehead atoms. The molecule has 132 valence electrons. The smallest absolute Gasteiger partial charge is 0.246 e. The van der Waals surface area contributed by atoms with E-state index in [9.17, 15) is 4.79 Å². The van der Waals surface area contributed by atoms with Crippen LogP contribution in [0.5, 0.6) is 0 Å². The lowest BCUT2D eigenvalue weighted by Crippen LogP contribution is -2.37. The van der Waals surface area contributed by atoms with Gasteiger partial charge in [0.2, 0.25) is 17.6 Å². The summed E-state index contributed by atoms with van der Waals surface area (Å²) in [4.78, 5) is 20.3. The van der Waals surface area contributed by atoms with Crippen LogP contribution in [0.2, 0.25) is 0 Å². The van der Waals surface area contributed by atoms with Gasteiger partial charge in [-0.3, -0.25) is 9.78 Å². The number of aromatic nitrogens is 3. The van der Waals surface area contributed by atoms with Crippen LogP contribution in [0.3, 0.4) is 0 Å². The van der Waals surface area contributed by atoms with E-state index in [-0.39, 0.29) is 49.2 Å². The predicted octanol–water partition coefficient (Wildman–Crippen LogP) is 2.11. The van der Waals surface area contributed by atoms with E-state index in [0.717, 1.165) is 31.2 Å². The molecule has 2 aromatic heterocycles. The van der Waals surface area contributed by atoms with Crippen molar-refractivity contribution in [1.82, 2.24) is 20.4 Å². The summed E-state index contributed by atoms with van der Waals surface area (Å²) in [6.07, 6.45) is 6.98. The Kier molecular flexibility index (Phi) is 8.10. The number of hydrogen-bond acceptors (Lipinski definition) is 6. The van der Waals surface area contributed by atoms with E-state index in [0.29, 0.717) is 11.7 Å².